The monoisotopic (exact) mass is 326 g/mol. The van der Waals surface area contributed by atoms with Gasteiger partial charge >= 0.3 is 0 Å². The molecule has 2 aromatic carbocycles. The van der Waals surface area contributed by atoms with Gasteiger partial charge < -0.3 is 20.1 Å². The van der Waals surface area contributed by atoms with E-state index in [1.807, 2.05) is 0 Å². The molecule has 2 N–H and O–H groups in total. The predicted molar refractivity (Wildman–Crippen MR) is 90.7 cm³/mol. The molecule has 0 saturated heterocycles. The molecule has 3 rings (SSSR count). The fourth-order valence-corrected chi connectivity index (χ4v) is 2.36. The predicted octanol–water partition coefficient (Wildman–Crippen LogP) is 3.06. The van der Waals surface area contributed by atoms with Gasteiger partial charge in [0.1, 0.15) is 11.5 Å². The van der Waals surface area contributed by atoms with E-state index in [4.69, 9.17) is 9.47 Å². The highest BCUT2D eigenvalue weighted by Crippen LogP contribution is 2.35. The SMILES string of the molecule is COc1cccc(C(=O)Nc2ccc3c(c2)NC(=O)C(C)(C)O3)c1. The maximum absolute atomic E-state index is 12.3. The highest BCUT2D eigenvalue weighted by Gasteiger charge is 2.35. The van der Waals surface area contributed by atoms with Crippen molar-refractivity contribution in [3.05, 3.63) is 48.0 Å². The fraction of sp³-hybridized carbons (Fsp3) is 0.222. The highest BCUT2D eigenvalue weighted by atomic mass is 16.5. The Hall–Kier alpha value is -3.02. The van der Waals surface area contributed by atoms with Crippen LogP contribution in [-0.4, -0.2) is 24.5 Å². The number of hydrogen-bond donors (Lipinski definition) is 2. The molecule has 0 atom stereocenters. The third-order valence-electron chi connectivity index (χ3n) is 3.73. The van der Waals surface area contributed by atoms with Gasteiger partial charge in [0.05, 0.1) is 12.8 Å². The number of nitrogens with one attached hydrogen (secondary N) is 2. The van der Waals surface area contributed by atoms with E-state index in [0.717, 1.165) is 0 Å². The van der Waals surface area contributed by atoms with Gasteiger partial charge in [-0.1, -0.05) is 6.07 Å². The maximum atomic E-state index is 12.3. The van der Waals surface area contributed by atoms with Gasteiger partial charge in [-0.2, -0.15) is 0 Å². The number of amides is 2. The number of carbonyl (C=O) groups excluding carboxylic acids is 2. The van der Waals surface area contributed by atoms with Gasteiger partial charge in [0.15, 0.2) is 5.60 Å². The van der Waals surface area contributed by atoms with Gasteiger partial charge in [0.25, 0.3) is 11.8 Å². The summed E-state index contributed by atoms with van der Waals surface area (Å²) >= 11 is 0. The van der Waals surface area contributed by atoms with Crippen molar-refractivity contribution in [3.63, 3.8) is 0 Å². The number of benzene rings is 2. The molecule has 0 radical (unpaired) electrons. The van der Waals surface area contributed by atoms with Crippen molar-refractivity contribution in [2.24, 2.45) is 0 Å². The summed E-state index contributed by atoms with van der Waals surface area (Å²) in [7, 11) is 1.55. The normalized spacial score (nSPS) is 14.9. The molecule has 0 fully saturated rings. The molecule has 0 spiro atoms. The first-order chi connectivity index (χ1) is 11.4. The quantitative estimate of drug-likeness (QED) is 0.909. The van der Waals surface area contributed by atoms with Crippen molar-refractivity contribution in [3.8, 4) is 11.5 Å². The molecule has 1 aliphatic rings. The van der Waals surface area contributed by atoms with Gasteiger partial charge in [-0.05, 0) is 50.2 Å². The molecular weight excluding hydrogens is 308 g/mol. The molecule has 2 amide bonds. The smallest absolute Gasteiger partial charge is 0.268 e. The Morgan fingerprint density at radius 1 is 1.21 bits per heavy atom. The third-order valence-corrected chi connectivity index (χ3v) is 3.73. The van der Waals surface area contributed by atoms with Crippen LogP contribution in [0.5, 0.6) is 11.5 Å². The minimum Gasteiger partial charge on any atom is -0.497 e. The summed E-state index contributed by atoms with van der Waals surface area (Å²) in [6, 6.07) is 12.0. The molecule has 1 heterocycles. The lowest BCUT2D eigenvalue weighted by Gasteiger charge is -2.31. The molecular formula is C18H18N2O4. The van der Waals surface area contributed by atoms with Crippen LogP contribution in [-0.2, 0) is 4.79 Å². The zero-order chi connectivity index (χ0) is 17.3. The molecule has 6 heteroatoms. The lowest BCUT2D eigenvalue weighted by Crippen LogP contribution is -2.45. The molecule has 1 aliphatic heterocycles. The van der Waals surface area contributed by atoms with Crippen LogP contribution >= 0.6 is 0 Å². The van der Waals surface area contributed by atoms with E-state index in [2.05, 4.69) is 10.6 Å². The minimum atomic E-state index is -0.918. The first kappa shape index (κ1) is 15.9. The largest absolute Gasteiger partial charge is 0.497 e. The van der Waals surface area contributed by atoms with Gasteiger partial charge in [-0.15, -0.1) is 0 Å². The van der Waals surface area contributed by atoms with E-state index >= 15 is 0 Å². The molecule has 6 nitrogen and oxygen atoms in total. The molecule has 0 aliphatic carbocycles. The van der Waals surface area contributed by atoms with E-state index in [-0.39, 0.29) is 11.8 Å². The van der Waals surface area contributed by atoms with E-state index in [1.165, 1.54) is 0 Å². The van der Waals surface area contributed by atoms with Gasteiger partial charge in [0.2, 0.25) is 0 Å². The number of anilines is 2. The summed E-state index contributed by atoms with van der Waals surface area (Å²) in [4.78, 5) is 24.3. The van der Waals surface area contributed by atoms with Gasteiger partial charge in [-0.25, -0.2) is 0 Å². The van der Waals surface area contributed by atoms with Crippen LogP contribution in [0, 0.1) is 0 Å². The van der Waals surface area contributed by atoms with Gasteiger partial charge in [-0.3, -0.25) is 9.59 Å². The number of hydrogen-bond acceptors (Lipinski definition) is 4. The summed E-state index contributed by atoms with van der Waals surface area (Å²) in [5, 5.41) is 5.58. The van der Waals surface area contributed by atoms with Crippen molar-refractivity contribution in [2.45, 2.75) is 19.4 Å². The zero-order valence-corrected chi connectivity index (χ0v) is 13.7. The van der Waals surface area contributed by atoms with Crippen LogP contribution in [0.15, 0.2) is 42.5 Å². The molecule has 0 saturated carbocycles. The van der Waals surface area contributed by atoms with Crippen molar-refractivity contribution in [1.29, 1.82) is 0 Å². The Morgan fingerprint density at radius 2 is 2.00 bits per heavy atom. The van der Waals surface area contributed by atoms with E-state index in [9.17, 15) is 9.59 Å². The second kappa shape index (κ2) is 5.88. The number of carbonyl (C=O) groups is 2. The topological polar surface area (TPSA) is 76.7 Å². The molecule has 24 heavy (non-hydrogen) atoms. The molecule has 124 valence electrons. The molecule has 0 unspecified atom stereocenters. The Labute approximate surface area is 139 Å². The summed E-state index contributed by atoms with van der Waals surface area (Å²) in [6.45, 7) is 3.40. The van der Waals surface area contributed by atoms with E-state index in [0.29, 0.717) is 28.4 Å². The third kappa shape index (κ3) is 3.03. The molecule has 2 aromatic rings. The lowest BCUT2D eigenvalue weighted by atomic mass is 10.1. The van der Waals surface area contributed by atoms with Crippen molar-refractivity contribution < 1.29 is 19.1 Å². The molecule has 0 aromatic heterocycles. The summed E-state index contributed by atoms with van der Waals surface area (Å²) in [5.41, 5.74) is 0.652. The Balaban J connectivity index is 1.80. The van der Waals surface area contributed by atoms with Crippen molar-refractivity contribution in [1.82, 2.24) is 0 Å². The standard InChI is InChI=1S/C18H18N2O4/c1-18(2)17(22)20-14-10-12(7-8-15(14)24-18)19-16(21)11-5-4-6-13(9-11)23-3/h4-10H,1-3H3,(H,19,21)(H,20,22). The second-order valence-electron chi connectivity index (χ2n) is 5.96. The first-order valence-corrected chi connectivity index (χ1v) is 7.49. The summed E-state index contributed by atoms with van der Waals surface area (Å²) < 4.78 is 10.8. The first-order valence-electron chi connectivity index (χ1n) is 7.49. The Morgan fingerprint density at radius 3 is 2.75 bits per heavy atom. The molecule has 0 bridgehead atoms. The number of rotatable bonds is 3. The Kier molecular flexibility index (Phi) is 3.89. The minimum absolute atomic E-state index is 0.230. The van der Waals surface area contributed by atoms with Crippen molar-refractivity contribution >= 4 is 23.2 Å². The van der Waals surface area contributed by atoms with Crippen LogP contribution in [0.3, 0.4) is 0 Å². The average Bonchev–Trinajstić information content (AvgIpc) is 2.56. The second-order valence-corrected chi connectivity index (χ2v) is 5.96. The number of ether oxygens (including phenoxy) is 2. The highest BCUT2D eigenvalue weighted by molar-refractivity contribution is 6.06. The zero-order valence-electron chi connectivity index (χ0n) is 13.7. The van der Waals surface area contributed by atoms with E-state index < -0.39 is 5.60 Å². The van der Waals surface area contributed by atoms with Crippen molar-refractivity contribution in [2.75, 3.05) is 17.7 Å². The lowest BCUT2D eigenvalue weighted by molar-refractivity contribution is -0.129. The Bertz CT molecular complexity index is 814. The van der Waals surface area contributed by atoms with Crippen LogP contribution in [0.25, 0.3) is 0 Å². The van der Waals surface area contributed by atoms with Crippen LogP contribution in [0.1, 0.15) is 24.2 Å². The number of methoxy groups -OCH3 is 1. The van der Waals surface area contributed by atoms with E-state index in [1.54, 1.807) is 63.4 Å². The van der Waals surface area contributed by atoms with Gasteiger partial charge in [0, 0.05) is 11.3 Å². The fourth-order valence-electron chi connectivity index (χ4n) is 2.36. The summed E-state index contributed by atoms with van der Waals surface area (Å²) in [6.07, 6.45) is 0. The number of fused-ring (bicyclic) bond motifs is 1. The maximum Gasteiger partial charge on any atom is 0.268 e. The average molecular weight is 326 g/mol. The summed E-state index contributed by atoms with van der Waals surface area (Å²) in [5.74, 6) is 0.679. The van der Waals surface area contributed by atoms with Crippen LogP contribution < -0.4 is 20.1 Å². The van der Waals surface area contributed by atoms with Crippen LogP contribution in [0.4, 0.5) is 11.4 Å². The van der Waals surface area contributed by atoms with Crippen LogP contribution in [0.2, 0.25) is 0 Å².